The van der Waals surface area contributed by atoms with Crippen LogP contribution in [0.15, 0.2) is 72.3 Å². The molecule has 0 bridgehead atoms. The number of ketones is 2. The lowest BCUT2D eigenvalue weighted by Gasteiger charge is -2.24. The summed E-state index contributed by atoms with van der Waals surface area (Å²) in [5, 5.41) is 11.9. The zero-order valence-electron chi connectivity index (χ0n) is 25.3. The molecule has 0 spiro atoms. The van der Waals surface area contributed by atoms with E-state index in [2.05, 4.69) is 4.98 Å². The zero-order chi connectivity index (χ0) is 31.8. The van der Waals surface area contributed by atoms with E-state index in [0.29, 0.717) is 52.8 Å². The molecule has 2 aliphatic heterocycles. The fourth-order valence-corrected chi connectivity index (χ4v) is 6.69. The van der Waals surface area contributed by atoms with Gasteiger partial charge in [-0.3, -0.25) is 19.3 Å². The molecule has 0 unspecified atom stereocenters. The number of aryl methyl sites for hydroxylation is 1. The number of carbonyl (C=O) groups is 3. The highest BCUT2D eigenvalue weighted by Crippen LogP contribution is 2.46. The topological polar surface area (TPSA) is 115 Å². The number of ether oxygens (including phenoxy) is 3. The summed E-state index contributed by atoms with van der Waals surface area (Å²) in [5.41, 5.74) is 3.13. The van der Waals surface area contributed by atoms with Crippen molar-refractivity contribution in [3.8, 4) is 17.2 Å². The van der Waals surface area contributed by atoms with Gasteiger partial charge in [0.05, 0.1) is 28.8 Å². The quantitative estimate of drug-likeness (QED) is 0.0961. The number of thiazole rings is 1. The van der Waals surface area contributed by atoms with E-state index in [9.17, 15) is 19.5 Å². The molecular weight excluding hydrogens is 592 g/mol. The summed E-state index contributed by atoms with van der Waals surface area (Å²) in [4.78, 5) is 45.9. The second-order valence-electron chi connectivity index (χ2n) is 11.0. The fourth-order valence-electron chi connectivity index (χ4n) is 5.70. The van der Waals surface area contributed by atoms with Gasteiger partial charge in [-0.1, -0.05) is 47.7 Å². The van der Waals surface area contributed by atoms with Crippen LogP contribution in [-0.2, 0) is 22.6 Å². The number of rotatable bonds is 9. The Balaban J connectivity index is 1.48. The van der Waals surface area contributed by atoms with Gasteiger partial charge < -0.3 is 19.3 Å². The van der Waals surface area contributed by atoms with E-state index in [-0.39, 0.29) is 28.4 Å². The first-order valence-corrected chi connectivity index (χ1v) is 15.5. The maximum absolute atomic E-state index is 13.8. The van der Waals surface area contributed by atoms with Crippen molar-refractivity contribution in [1.29, 1.82) is 0 Å². The Labute approximate surface area is 264 Å². The van der Waals surface area contributed by atoms with Crippen LogP contribution in [0, 0.1) is 6.92 Å². The van der Waals surface area contributed by atoms with Gasteiger partial charge in [-0.25, -0.2) is 4.98 Å². The summed E-state index contributed by atoms with van der Waals surface area (Å²) in [6.07, 6.45) is 0.647. The van der Waals surface area contributed by atoms with Gasteiger partial charge in [0, 0.05) is 18.9 Å². The Morgan fingerprint density at radius 2 is 1.84 bits per heavy atom. The van der Waals surface area contributed by atoms with Crippen LogP contribution in [0.2, 0.25) is 0 Å². The summed E-state index contributed by atoms with van der Waals surface area (Å²) in [6.45, 7) is 7.57. The number of aliphatic hydroxyl groups is 1. The van der Waals surface area contributed by atoms with Crippen molar-refractivity contribution in [2.24, 2.45) is 0 Å². The van der Waals surface area contributed by atoms with Crippen LogP contribution in [0.1, 0.15) is 64.4 Å². The van der Waals surface area contributed by atoms with Crippen LogP contribution in [0.3, 0.4) is 0 Å². The van der Waals surface area contributed by atoms with Crippen LogP contribution in [0.5, 0.6) is 17.2 Å². The molecule has 230 valence electrons. The van der Waals surface area contributed by atoms with Gasteiger partial charge in [-0.2, -0.15) is 0 Å². The van der Waals surface area contributed by atoms with Crippen LogP contribution in [0.25, 0.3) is 5.76 Å². The standard InChI is InChI=1S/C35H32N2O7S/c1-5-42-28-17-23(11-14-27(28)43-18-22-9-7-6-8-10-22)30-29(31(39)24-12-13-26-25(16-24)15-19(2)44-26)32(40)34(41)37(30)35-36-20(3)33(45-35)21(4)38/h6-14,16-17,19,30,39H,5,15,18H2,1-4H3/b31-29+/t19-,30-/m0/s1. The zero-order valence-corrected chi connectivity index (χ0v) is 26.1. The molecule has 0 aliphatic carbocycles. The Bertz CT molecular complexity index is 1850. The minimum absolute atomic E-state index is 0.00815. The molecule has 1 fully saturated rings. The number of aromatic nitrogens is 1. The second-order valence-corrected chi connectivity index (χ2v) is 12.0. The highest BCUT2D eigenvalue weighted by atomic mass is 32.1. The van der Waals surface area contributed by atoms with E-state index in [0.717, 1.165) is 28.2 Å². The molecule has 2 aliphatic rings. The van der Waals surface area contributed by atoms with E-state index in [1.54, 1.807) is 43.3 Å². The molecule has 1 saturated heterocycles. The van der Waals surface area contributed by atoms with E-state index in [1.165, 1.54) is 11.8 Å². The highest BCUT2D eigenvalue weighted by Gasteiger charge is 2.48. The minimum Gasteiger partial charge on any atom is -0.507 e. The van der Waals surface area contributed by atoms with E-state index in [4.69, 9.17) is 14.2 Å². The first-order chi connectivity index (χ1) is 21.7. The second kappa shape index (κ2) is 12.2. The molecule has 0 radical (unpaired) electrons. The third kappa shape index (κ3) is 5.69. The molecule has 0 saturated carbocycles. The van der Waals surface area contributed by atoms with Gasteiger partial charge in [-0.15, -0.1) is 0 Å². The van der Waals surface area contributed by atoms with Crippen molar-refractivity contribution in [1.82, 2.24) is 4.98 Å². The molecule has 9 nitrogen and oxygen atoms in total. The van der Waals surface area contributed by atoms with Crippen LogP contribution in [-0.4, -0.2) is 40.3 Å². The molecule has 45 heavy (non-hydrogen) atoms. The SMILES string of the molecule is CCOc1cc([C@H]2/C(=C(\O)c3ccc4c(c3)C[C@H](C)O4)C(=O)C(=O)N2c2nc(C)c(C(C)=O)s2)ccc1OCc1ccccc1. The number of Topliss-reactive ketones (excluding diaryl/α,β-unsaturated/α-hetero) is 2. The summed E-state index contributed by atoms with van der Waals surface area (Å²) in [5.74, 6) is -0.604. The predicted molar refractivity (Wildman–Crippen MR) is 170 cm³/mol. The van der Waals surface area contributed by atoms with Crippen molar-refractivity contribution in [2.75, 3.05) is 11.5 Å². The average molecular weight is 625 g/mol. The number of fused-ring (bicyclic) bond motifs is 1. The summed E-state index contributed by atoms with van der Waals surface area (Å²) >= 11 is 1.03. The highest BCUT2D eigenvalue weighted by molar-refractivity contribution is 7.18. The number of hydrogen-bond acceptors (Lipinski definition) is 9. The first kappa shape index (κ1) is 30.1. The summed E-state index contributed by atoms with van der Waals surface area (Å²) in [7, 11) is 0. The van der Waals surface area contributed by atoms with Crippen LogP contribution < -0.4 is 19.1 Å². The van der Waals surface area contributed by atoms with Gasteiger partial charge in [0.1, 0.15) is 24.2 Å². The Kier molecular flexibility index (Phi) is 8.16. The van der Waals surface area contributed by atoms with Gasteiger partial charge in [0.25, 0.3) is 5.78 Å². The minimum atomic E-state index is -1.05. The number of nitrogens with zero attached hydrogens (tertiary/aromatic N) is 2. The van der Waals surface area contributed by atoms with Crippen LogP contribution >= 0.6 is 11.3 Å². The number of hydrogen-bond donors (Lipinski definition) is 1. The van der Waals surface area contributed by atoms with Gasteiger partial charge in [-0.05, 0) is 67.8 Å². The van der Waals surface area contributed by atoms with E-state index in [1.807, 2.05) is 44.2 Å². The average Bonchev–Trinajstić information content (AvgIpc) is 3.68. The Morgan fingerprint density at radius 1 is 1.07 bits per heavy atom. The summed E-state index contributed by atoms with van der Waals surface area (Å²) in [6, 6.07) is 19.0. The van der Waals surface area contributed by atoms with Crippen LogP contribution in [0.4, 0.5) is 5.13 Å². The molecule has 3 aromatic carbocycles. The van der Waals surface area contributed by atoms with E-state index < -0.39 is 17.7 Å². The molecule has 1 aromatic heterocycles. The predicted octanol–water partition coefficient (Wildman–Crippen LogP) is 6.58. The first-order valence-electron chi connectivity index (χ1n) is 14.7. The summed E-state index contributed by atoms with van der Waals surface area (Å²) < 4.78 is 17.9. The lowest BCUT2D eigenvalue weighted by atomic mass is 9.94. The maximum Gasteiger partial charge on any atom is 0.301 e. The smallest absolute Gasteiger partial charge is 0.301 e. The van der Waals surface area contributed by atoms with Gasteiger partial charge >= 0.3 is 5.91 Å². The van der Waals surface area contributed by atoms with E-state index >= 15 is 0 Å². The van der Waals surface area contributed by atoms with Crippen molar-refractivity contribution >= 4 is 39.7 Å². The molecule has 1 N–H and O–H groups in total. The normalized spacial score (nSPS) is 18.5. The van der Waals surface area contributed by atoms with Crippen molar-refractivity contribution in [3.05, 3.63) is 105 Å². The van der Waals surface area contributed by atoms with Crippen molar-refractivity contribution in [2.45, 2.75) is 52.9 Å². The molecular formula is C35H32N2O7S. The van der Waals surface area contributed by atoms with Crippen molar-refractivity contribution < 1.29 is 33.7 Å². The maximum atomic E-state index is 13.8. The monoisotopic (exact) mass is 624 g/mol. The third-order valence-corrected chi connectivity index (χ3v) is 9.00. The Morgan fingerprint density at radius 3 is 2.56 bits per heavy atom. The number of aliphatic hydroxyl groups excluding tert-OH is 1. The lowest BCUT2D eigenvalue weighted by molar-refractivity contribution is -0.132. The molecule has 3 heterocycles. The van der Waals surface area contributed by atoms with Crippen molar-refractivity contribution in [3.63, 3.8) is 0 Å². The molecule has 4 aromatic rings. The largest absolute Gasteiger partial charge is 0.507 e. The molecule has 1 amide bonds. The number of anilines is 1. The number of carbonyl (C=O) groups excluding carboxylic acids is 3. The molecule has 10 heteroatoms. The number of benzene rings is 3. The lowest BCUT2D eigenvalue weighted by Crippen LogP contribution is -2.29. The number of amides is 1. The Hall–Kier alpha value is -4.96. The fraction of sp³-hybridized carbons (Fsp3) is 0.257. The molecule has 2 atom stereocenters. The third-order valence-electron chi connectivity index (χ3n) is 7.75. The van der Waals surface area contributed by atoms with Gasteiger partial charge in [0.2, 0.25) is 0 Å². The molecule has 6 rings (SSSR count). The van der Waals surface area contributed by atoms with Gasteiger partial charge in [0.15, 0.2) is 22.4 Å².